The molecule has 0 aromatic rings. The number of rotatable bonds is 2. The van der Waals surface area contributed by atoms with E-state index in [2.05, 4.69) is 22.9 Å². The van der Waals surface area contributed by atoms with E-state index >= 15 is 0 Å². The zero-order chi connectivity index (χ0) is 11.8. The lowest BCUT2D eigenvalue weighted by molar-refractivity contribution is 0.263. The highest BCUT2D eigenvalue weighted by molar-refractivity contribution is 9.09. The van der Waals surface area contributed by atoms with Crippen molar-refractivity contribution >= 4 is 25.8 Å². The molecule has 0 amide bonds. The van der Waals surface area contributed by atoms with Gasteiger partial charge in [-0.25, -0.2) is 8.42 Å². The molecule has 94 valence electrons. The molecule has 2 atom stereocenters. The van der Waals surface area contributed by atoms with Crippen molar-refractivity contribution in [3.05, 3.63) is 0 Å². The third-order valence-electron chi connectivity index (χ3n) is 4.23. The standard InChI is InChI=1S/C12H21BrO2S/c1-9-2-4-10(5-3-9)12(13)11-6-7-16(14,15)8-11/h9-12H,2-8H2,1H3. The number of hydrogen-bond acceptors (Lipinski definition) is 2. The van der Waals surface area contributed by atoms with Crippen LogP contribution >= 0.6 is 15.9 Å². The summed E-state index contributed by atoms with van der Waals surface area (Å²) in [6.07, 6.45) is 6.03. The van der Waals surface area contributed by atoms with E-state index in [-0.39, 0.29) is 0 Å². The van der Waals surface area contributed by atoms with E-state index in [1.165, 1.54) is 25.7 Å². The highest BCUT2D eigenvalue weighted by Crippen LogP contribution is 2.39. The number of alkyl halides is 1. The first-order valence-corrected chi connectivity index (χ1v) is 9.06. The van der Waals surface area contributed by atoms with Crippen molar-refractivity contribution in [2.45, 2.75) is 43.9 Å². The summed E-state index contributed by atoms with van der Waals surface area (Å²) in [6.45, 7) is 2.32. The van der Waals surface area contributed by atoms with Gasteiger partial charge in [-0.15, -0.1) is 0 Å². The zero-order valence-electron chi connectivity index (χ0n) is 9.86. The van der Waals surface area contributed by atoms with Crippen molar-refractivity contribution in [2.75, 3.05) is 11.5 Å². The summed E-state index contributed by atoms with van der Waals surface area (Å²) in [4.78, 5) is 0.428. The van der Waals surface area contributed by atoms with Crippen LogP contribution in [0, 0.1) is 17.8 Å². The quantitative estimate of drug-likeness (QED) is 0.735. The predicted octanol–water partition coefficient (Wildman–Crippen LogP) is 3.01. The third kappa shape index (κ3) is 3.00. The van der Waals surface area contributed by atoms with Crippen LogP contribution in [0.1, 0.15) is 39.0 Å². The van der Waals surface area contributed by atoms with Crippen molar-refractivity contribution in [3.63, 3.8) is 0 Å². The van der Waals surface area contributed by atoms with Crippen molar-refractivity contribution in [2.24, 2.45) is 17.8 Å². The lowest BCUT2D eigenvalue weighted by atomic mass is 9.78. The number of sulfone groups is 1. The lowest BCUT2D eigenvalue weighted by Gasteiger charge is -2.32. The first-order chi connectivity index (χ1) is 7.48. The Kier molecular flexibility index (Phi) is 4.00. The molecule has 2 nitrogen and oxygen atoms in total. The molecule has 0 bridgehead atoms. The van der Waals surface area contributed by atoms with Gasteiger partial charge >= 0.3 is 0 Å². The summed E-state index contributed by atoms with van der Waals surface area (Å²) in [5, 5.41) is 0. The molecule has 2 unspecified atom stereocenters. The van der Waals surface area contributed by atoms with E-state index in [0.29, 0.717) is 28.2 Å². The Bertz CT molecular complexity index is 331. The third-order valence-corrected chi connectivity index (χ3v) is 7.52. The highest BCUT2D eigenvalue weighted by Gasteiger charge is 2.36. The average molecular weight is 309 g/mol. The summed E-state index contributed by atoms with van der Waals surface area (Å²) in [6, 6.07) is 0. The second-order valence-corrected chi connectivity index (χ2v) is 8.91. The molecule has 2 rings (SSSR count). The van der Waals surface area contributed by atoms with Crippen molar-refractivity contribution < 1.29 is 8.42 Å². The van der Waals surface area contributed by atoms with Crippen LogP contribution in [-0.4, -0.2) is 24.8 Å². The second-order valence-electron chi connectivity index (χ2n) is 5.63. The Balaban J connectivity index is 1.91. The fourth-order valence-corrected chi connectivity index (χ4v) is 6.15. The lowest BCUT2D eigenvalue weighted by Crippen LogP contribution is -2.28. The van der Waals surface area contributed by atoms with E-state index < -0.39 is 9.84 Å². The van der Waals surface area contributed by atoms with E-state index in [0.717, 1.165) is 12.3 Å². The van der Waals surface area contributed by atoms with Crippen LogP contribution in [0.2, 0.25) is 0 Å². The van der Waals surface area contributed by atoms with Crippen LogP contribution in [0.4, 0.5) is 0 Å². The van der Waals surface area contributed by atoms with Crippen molar-refractivity contribution in [3.8, 4) is 0 Å². The largest absolute Gasteiger partial charge is 0.229 e. The maximum Gasteiger partial charge on any atom is 0.150 e. The molecule has 16 heavy (non-hydrogen) atoms. The van der Waals surface area contributed by atoms with Crippen LogP contribution in [0.25, 0.3) is 0 Å². The normalized spacial score (nSPS) is 40.8. The second kappa shape index (κ2) is 4.97. The monoisotopic (exact) mass is 308 g/mol. The van der Waals surface area contributed by atoms with Gasteiger partial charge in [0.2, 0.25) is 0 Å². The minimum absolute atomic E-state index is 0.364. The smallest absolute Gasteiger partial charge is 0.150 e. The van der Waals surface area contributed by atoms with Gasteiger partial charge in [-0.05, 0) is 37.0 Å². The minimum atomic E-state index is -2.72. The van der Waals surface area contributed by atoms with Gasteiger partial charge in [0, 0.05) is 4.83 Å². The molecule has 0 aromatic heterocycles. The molecule has 1 saturated carbocycles. The molecule has 0 radical (unpaired) electrons. The molecular weight excluding hydrogens is 288 g/mol. The first kappa shape index (κ1) is 12.9. The average Bonchev–Trinajstić information content (AvgIpc) is 2.59. The SMILES string of the molecule is CC1CCC(C(Br)C2CCS(=O)(=O)C2)CC1. The van der Waals surface area contributed by atoms with Crippen LogP contribution < -0.4 is 0 Å². The maximum absolute atomic E-state index is 11.5. The molecule has 2 fully saturated rings. The zero-order valence-corrected chi connectivity index (χ0v) is 12.3. The fourth-order valence-electron chi connectivity index (χ4n) is 3.06. The van der Waals surface area contributed by atoms with Gasteiger partial charge in [-0.2, -0.15) is 0 Å². The predicted molar refractivity (Wildman–Crippen MR) is 70.6 cm³/mol. The van der Waals surface area contributed by atoms with Crippen LogP contribution in [-0.2, 0) is 9.84 Å². The molecule has 0 N–H and O–H groups in total. The summed E-state index contributed by atoms with van der Waals surface area (Å²) >= 11 is 3.77. The minimum Gasteiger partial charge on any atom is -0.229 e. The van der Waals surface area contributed by atoms with Gasteiger partial charge in [0.05, 0.1) is 11.5 Å². The van der Waals surface area contributed by atoms with E-state index in [1.54, 1.807) is 0 Å². The van der Waals surface area contributed by atoms with Gasteiger partial charge < -0.3 is 0 Å². The van der Waals surface area contributed by atoms with Gasteiger partial charge in [0.1, 0.15) is 0 Å². The first-order valence-electron chi connectivity index (χ1n) is 6.32. The Labute approximate surface area is 107 Å². The van der Waals surface area contributed by atoms with Crippen molar-refractivity contribution in [1.29, 1.82) is 0 Å². The molecule has 1 saturated heterocycles. The summed E-state index contributed by atoms with van der Waals surface area (Å²) in [7, 11) is -2.72. The summed E-state index contributed by atoms with van der Waals surface area (Å²) in [5.41, 5.74) is 0. The maximum atomic E-state index is 11.5. The van der Waals surface area contributed by atoms with E-state index in [1.807, 2.05) is 0 Å². The molecule has 1 heterocycles. The van der Waals surface area contributed by atoms with Gasteiger partial charge in [0.25, 0.3) is 0 Å². The van der Waals surface area contributed by atoms with E-state index in [4.69, 9.17) is 0 Å². The number of halogens is 1. The van der Waals surface area contributed by atoms with Gasteiger partial charge in [-0.1, -0.05) is 35.7 Å². The Morgan fingerprint density at radius 2 is 1.69 bits per heavy atom. The molecule has 4 heteroatoms. The van der Waals surface area contributed by atoms with Crippen LogP contribution in [0.3, 0.4) is 0 Å². The summed E-state index contributed by atoms with van der Waals surface area (Å²) in [5.74, 6) is 2.75. The van der Waals surface area contributed by atoms with Crippen LogP contribution in [0.15, 0.2) is 0 Å². The van der Waals surface area contributed by atoms with E-state index in [9.17, 15) is 8.42 Å². The molecule has 0 spiro atoms. The Morgan fingerprint density at radius 3 is 2.19 bits per heavy atom. The van der Waals surface area contributed by atoms with Crippen molar-refractivity contribution in [1.82, 2.24) is 0 Å². The summed E-state index contributed by atoms with van der Waals surface area (Å²) < 4.78 is 22.9. The van der Waals surface area contributed by atoms with Gasteiger partial charge in [-0.3, -0.25) is 0 Å². The molecule has 1 aliphatic heterocycles. The Morgan fingerprint density at radius 1 is 1.06 bits per heavy atom. The molecular formula is C12H21BrO2S. The fraction of sp³-hybridized carbons (Fsp3) is 1.00. The van der Waals surface area contributed by atoms with Crippen LogP contribution in [0.5, 0.6) is 0 Å². The topological polar surface area (TPSA) is 34.1 Å². The molecule has 0 aromatic carbocycles. The highest BCUT2D eigenvalue weighted by atomic mass is 79.9. The molecule has 1 aliphatic carbocycles. The number of hydrogen-bond donors (Lipinski definition) is 0. The van der Waals surface area contributed by atoms with Gasteiger partial charge in [0.15, 0.2) is 9.84 Å². The molecule has 2 aliphatic rings. The Hall–Kier alpha value is 0.430.